The summed E-state index contributed by atoms with van der Waals surface area (Å²) in [5.74, 6) is 0. The predicted molar refractivity (Wildman–Crippen MR) is 245 cm³/mol. The van der Waals surface area contributed by atoms with Gasteiger partial charge in [0.05, 0.1) is 33.1 Å². The molecule has 264 valence electrons. The van der Waals surface area contributed by atoms with E-state index in [0.717, 1.165) is 0 Å². The van der Waals surface area contributed by atoms with Gasteiger partial charge in [-0.15, -0.1) is 0 Å². The molecule has 0 saturated carbocycles. The standard InChI is InChI=1S/C52H30B2N4/c1-27-22-23-35-48-44(27)32-25-24-31-29-12-3-7-18-39(29)55-41-20-9-5-16-37(41)53(45(32)49(31)55)58(48)51-34-15-11-14-33-43-28(2)26-36-30-13-4-8-19-40(30)56-42-21-10-6-17-38(42)54(46(43)50(36)56)57(47(33)34)52(35)51/h3-26H,1-2H3. The zero-order chi connectivity index (χ0) is 37.4. The smallest absolute Gasteiger partial charge is 0.333 e. The molecule has 8 heterocycles. The van der Waals surface area contributed by atoms with Crippen LogP contribution in [0.1, 0.15) is 11.1 Å². The average molecular weight is 732 g/mol. The van der Waals surface area contributed by atoms with Crippen molar-refractivity contribution in [3.63, 3.8) is 0 Å². The van der Waals surface area contributed by atoms with Gasteiger partial charge >= 0.3 is 13.7 Å². The van der Waals surface area contributed by atoms with Gasteiger partial charge in [0, 0.05) is 65.9 Å². The van der Waals surface area contributed by atoms with Gasteiger partial charge in [-0.05, 0) is 88.3 Å². The van der Waals surface area contributed by atoms with Gasteiger partial charge in [0.2, 0.25) is 0 Å². The molecule has 4 nitrogen and oxygen atoms in total. The van der Waals surface area contributed by atoms with Crippen LogP contribution in [0, 0.1) is 13.8 Å². The van der Waals surface area contributed by atoms with Crippen LogP contribution in [0.15, 0.2) is 146 Å². The van der Waals surface area contributed by atoms with Crippen LogP contribution in [-0.2, 0) is 0 Å². The first kappa shape index (κ1) is 29.1. The summed E-state index contributed by atoms with van der Waals surface area (Å²) in [5.41, 5.74) is 26.9. The molecule has 4 aromatic heterocycles. The zero-order valence-electron chi connectivity index (χ0n) is 31.8. The van der Waals surface area contributed by atoms with Crippen LogP contribution in [0.3, 0.4) is 0 Å². The number of para-hydroxylation sites is 5. The van der Waals surface area contributed by atoms with E-state index in [2.05, 4.69) is 178 Å². The first-order valence-corrected chi connectivity index (χ1v) is 20.6. The minimum atomic E-state index is 0.0140. The molecule has 6 heteroatoms. The van der Waals surface area contributed by atoms with Gasteiger partial charge in [-0.25, -0.2) is 0 Å². The number of aromatic nitrogens is 4. The highest BCUT2D eigenvalue weighted by atomic mass is 15.1. The number of aryl methyl sites for hydroxylation is 2. The maximum Gasteiger partial charge on any atom is 0.333 e. The molecule has 0 radical (unpaired) electrons. The third-order valence-corrected chi connectivity index (χ3v) is 14.7. The number of nitrogens with zero attached hydrogens (tertiary/aromatic N) is 4. The lowest BCUT2D eigenvalue weighted by Gasteiger charge is -2.35. The Kier molecular flexibility index (Phi) is 4.69. The van der Waals surface area contributed by atoms with Crippen LogP contribution < -0.4 is 21.9 Å². The quantitative estimate of drug-likeness (QED) is 0.139. The average Bonchev–Trinajstić information content (AvgIpc) is 3.99. The van der Waals surface area contributed by atoms with E-state index in [1.165, 1.54) is 143 Å². The molecule has 0 unspecified atom stereocenters. The Morgan fingerprint density at radius 1 is 0.362 bits per heavy atom. The number of hydrogen-bond acceptors (Lipinski definition) is 0. The second kappa shape index (κ2) is 9.33. The lowest BCUT2D eigenvalue weighted by atomic mass is 9.45. The molecule has 16 rings (SSSR count). The fourth-order valence-corrected chi connectivity index (χ4v) is 12.8. The van der Waals surface area contributed by atoms with Gasteiger partial charge in [-0.3, -0.25) is 0 Å². The topological polar surface area (TPSA) is 19.7 Å². The lowest BCUT2D eigenvalue weighted by molar-refractivity contribution is 1.17. The molecule has 0 N–H and O–H groups in total. The summed E-state index contributed by atoms with van der Waals surface area (Å²) in [6.45, 7) is 4.69. The molecule has 0 spiro atoms. The summed E-state index contributed by atoms with van der Waals surface area (Å²) in [6.07, 6.45) is 0. The van der Waals surface area contributed by atoms with Crippen molar-refractivity contribution < 1.29 is 0 Å². The summed E-state index contributed by atoms with van der Waals surface area (Å²) in [7, 11) is 0. The van der Waals surface area contributed by atoms with Gasteiger partial charge in [0.25, 0.3) is 0 Å². The van der Waals surface area contributed by atoms with Gasteiger partial charge in [-0.1, -0.05) is 115 Å². The van der Waals surface area contributed by atoms with Crippen molar-refractivity contribution in [1.29, 1.82) is 0 Å². The summed E-state index contributed by atoms with van der Waals surface area (Å²) in [5, 5.41) is 7.98. The second-order valence-electron chi connectivity index (χ2n) is 17.2. The molecule has 58 heavy (non-hydrogen) atoms. The van der Waals surface area contributed by atoms with E-state index in [1.807, 2.05) is 0 Å². The van der Waals surface area contributed by atoms with E-state index >= 15 is 0 Å². The van der Waals surface area contributed by atoms with Crippen molar-refractivity contribution in [2.75, 3.05) is 0 Å². The Labute approximate surface area is 333 Å². The van der Waals surface area contributed by atoms with Crippen molar-refractivity contribution in [2.45, 2.75) is 13.8 Å². The largest absolute Gasteiger partial charge is 0.374 e. The van der Waals surface area contributed by atoms with Crippen LogP contribution in [-0.4, -0.2) is 31.8 Å². The van der Waals surface area contributed by atoms with E-state index in [4.69, 9.17) is 0 Å². The van der Waals surface area contributed by atoms with Crippen LogP contribution >= 0.6 is 0 Å². The molecule has 0 fully saturated rings. The highest BCUT2D eigenvalue weighted by Gasteiger charge is 2.46. The number of fused-ring (bicyclic) bond motifs is 21. The van der Waals surface area contributed by atoms with Gasteiger partial charge in [0.1, 0.15) is 0 Å². The maximum absolute atomic E-state index is 2.79. The molecule has 0 saturated heterocycles. The Balaban J connectivity index is 1.15. The lowest BCUT2D eigenvalue weighted by Crippen LogP contribution is -2.55. The SMILES string of the molecule is Cc1cc2c3ccccc3n3c2c2c1-c1cccc4c1n(c1c5ccc(C)c6c5n(c41)B1c4ccccc4-n4c5ccccc5c5ccc-6c1c54)B2c1ccccc1-3. The van der Waals surface area contributed by atoms with Crippen molar-refractivity contribution in [1.82, 2.24) is 18.1 Å². The minimum Gasteiger partial charge on any atom is -0.374 e. The molecular weight excluding hydrogens is 702 g/mol. The summed E-state index contributed by atoms with van der Waals surface area (Å²) >= 11 is 0. The molecule has 4 aliphatic heterocycles. The highest BCUT2D eigenvalue weighted by molar-refractivity contribution is 6.92. The Bertz CT molecular complexity index is 4020. The first-order valence-electron chi connectivity index (χ1n) is 20.6. The Morgan fingerprint density at radius 2 is 0.931 bits per heavy atom. The minimum absolute atomic E-state index is 0.0140. The van der Waals surface area contributed by atoms with Crippen molar-refractivity contribution in [3.8, 4) is 33.6 Å². The van der Waals surface area contributed by atoms with Crippen LogP contribution in [0.5, 0.6) is 0 Å². The highest BCUT2D eigenvalue weighted by Crippen LogP contribution is 2.50. The van der Waals surface area contributed by atoms with Gasteiger partial charge < -0.3 is 18.1 Å². The van der Waals surface area contributed by atoms with Crippen molar-refractivity contribution in [3.05, 3.63) is 157 Å². The Morgan fingerprint density at radius 3 is 1.67 bits per heavy atom. The van der Waals surface area contributed by atoms with Crippen LogP contribution in [0.25, 0.3) is 110 Å². The number of rotatable bonds is 0. The molecule has 0 atom stereocenters. The molecule has 8 aromatic carbocycles. The third kappa shape index (κ3) is 2.88. The van der Waals surface area contributed by atoms with Gasteiger partial charge in [0.15, 0.2) is 0 Å². The normalized spacial score (nSPS) is 14.0. The van der Waals surface area contributed by atoms with Crippen molar-refractivity contribution >= 4 is 112 Å². The second-order valence-corrected chi connectivity index (χ2v) is 17.2. The molecule has 0 aliphatic carbocycles. The summed E-state index contributed by atoms with van der Waals surface area (Å²) < 4.78 is 10.7. The maximum atomic E-state index is 2.79. The first-order chi connectivity index (χ1) is 28.7. The molecule has 12 aromatic rings. The van der Waals surface area contributed by atoms with Crippen LogP contribution in [0.2, 0.25) is 0 Å². The molecule has 0 bridgehead atoms. The van der Waals surface area contributed by atoms with Gasteiger partial charge in [-0.2, -0.15) is 0 Å². The van der Waals surface area contributed by atoms with E-state index in [-0.39, 0.29) is 13.7 Å². The van der Waals surface area contributed by atoms with E-state index < -0.39 is 0 Å². The number of benzene rings is 8. The number of hydrogen-bond donors (Lipinski definition) is 0. The summed E-state index contributed by atoms with van der Waals surface area (Å²) in [6, 6.07) is 55.7. The predicted octanol–water partition coefficient (Wildman–Crippen LogP) is 9.46. The molecular formula is C52H30B2N4. The van der Waals surface area contributed by atoms with Crippen molar-refractivity contribution in [2.24, 2.45) is 0 Å². The zero-order valence-corrected chi connectivity index (χ0v) is 31.8. The van der Waals surface area contributed by atoms with E-state index in [0.29, 0.717) is 0 Å². The monoisotopic (exact) mass is 732 g/mol. The summed E-state index contributed by atoms with van der Waals surface area (Å²) in [4.78, 5) is 0. The van der Waals surface area contributed by atoms with E-state index in [9.17, 15) is 0 Å². The fourth-order valence-electron chi connectivity index (χ4n) is 12.8. The fraction of sp³-hybridized carbons (Fsp3) is 0.0385. The van der Waals surface area contributed by atoms with E-state index in [1.54, 1.807) is 0 Å². The van der Waals surface area contributed by atoms with Crippen LogP contribution in [0.4, 0.5) is 0 Å². The molecule has 0 amide bonds. The Hall–Kier alpha value is -7.17. The molecule has 4 aliphatic rings. The third-order valence-electron chi connectivity index (χ3n) is 14.7.